The van der Waals surface area contributed by atoms with Crippen LogP contribution in [0.4, 0.5) is 5.69 Å². The summed E-state index contributed by atoms with van der Waals surface area (Å²) in [6, 6.07) is 12.1. The van der Waals surface area contributed by atoms with Crippen LogP contribution >= 0.6 is 11.3 Å². The quantitative estimate of drug-likeness (QED) is 0.552. The second-order valence-corrected chi connectivity index (χ2v) is 7.22. The Morgan fingerprint density at radius 2 is 1.93 bits per heavy atom. The Kier molecular flexibility index (Phi) is 5.41. The number of carbonyl (C=O) groups is 2. The Balaban J connectivity index is 2.21. The van der Waals surface area contributed by atoms with Crippen molar-refractivity contribution in [3.8, 4) is 0 Å². The van der Waals surface area contributed by atoms with E-state index in [1.54, 1.807) is 22.8 Å². The number of hydrogen-bond acceptors (Lipinski definition) is 5. The Morgan fingerprint density at radius 1 is 1.22 bits per heavy atom. The standard InChI is InChI=1S/C20H21N3O3S/c1-4-15(19(25)26-3)23-16-10-9-14(21)11-17(16)27-20(23)22-18(24)13-7-5-12(2)6-8-13/h5-11,15H,4,21H2,1-3H3. The van der Waals surface area contributed by atoms with E-state index < -0.39 is 6.04 Å². The topological polar surface area (TPSA) is 86.7 Å². The molecule has 140 valence electrons. The molecule has 0 aliphatic carbocycles. The number of aryl methyl sites for hydroxylation is 1. The first-order chi connectivity index (χ1) is 12.9. The lowest BCUT2D eigenvalue weighted by Crippen LogP contribution is -2.28. The molecular formula is C20H21N3O3S. The van der Waals surface area contributed by atoms with E-state index in [-0.39, 0.29) is 11.9 Å². The lowest BCUT2D eigenvalue weighted by Gasteiger charge is -2.15. The smallest absolute Gasteiger partial charge is 0.328 e. The molecule has 1 heterocycles. The summed E-state index contributed by atoms with van der Waals surface area (Å²) in [6.07, 6.45) is 0.509. The third-order valence-corrected chi connectivity index (χ3v) is 5.34. The molecule has 0 saturated carbocycles. The number of nitrogen functional groups attached to an aromatic ring is 1. The van der Waals surface area contributed by atoms with Crippen molar-refractivity contribution in [2.24, 2.45) is 4.99 Å². The highest BCUT2D eigenvalue weighted by Crippen LogP contribution is 2.25. The number of carbonyl (C=O) groups excluding carboxylic acids is 2. The zero-order chi connectivity index (χ0) is 19.6. The molecule has 3 aromatic rings. The molecule has 1 amide bonds. The van der Waals surface area contributed by atoms with Crippen molar-refractivity contribution < 1.29 is 14.3 Å². The van der Waals surface area contributed by atoms with Crippen LogP contribution in [0.1, 0.15) is 35.3 Å². The van der Waals surface area contributed by atoms with Crippen LogP contribution in [0.3, 0.4) is 0 Å². The molecule has 1 unspecified atom stereocenters. The van der Waals surface area contributed by atoms with Gasteiger partial charge in [0, 0.05) is 11.3 Å². The average molecular weight is 383 g/mol. The maximum Gasteiger partial charge on any atom is 0.328 e. The first-order valence-corrected chi connectivity index (χ1v) is 9.40. The van der Waals surface area contributed by atoms with Gasteiger partial charge in [-0.3, -0.25) is 4.79 Å². The van der Waals surface area contributed by atoms with Gasteiger partial charge in [0.15, 0.2) is 4.80 Å². The number of fused-ring (bicyclic) bond motifs is 1. The number of aromatic nitrogens is 1. The molecule has 0 bridgehead atoms. The Hall–Kier alpha value is -2.93. The zero-order valence-corrected chi connectivity index (χ0v) is 16.2. The van der Waals surface area contributed by atoms with Crippen LogP contribution in [-0.4, -0.2) is 23.6 Å². The van der Waals surface area contributed by atoms with Crippen molar-refractivity contribution in [1.82, 2.24) is 4.57 Å². The fourth-order valence-electron chi connectivity index (χ4n) is 2.88. The predicted octanol–water partition coefficient (Wildman–Crippen LogP) is 3.46. The van der Waals surface area contributed by atoms with Gasteiger partial charge in [0.05, 0.1) is 17.3 Å². The maximum absolute atomic E-state index is 12.7. The summed E-state index contributed by atoms with van der Waals surface area (Å²) in [5.74, 6) is -0.735. The first kappa shape index (κ1) is 18.8. The lowest BCUT2D eigenvalue weighted by atomic mass is 10.1. The third-order valence-electron chi connectivity index (χ3n) is 4.32. The fourth-order valence-corrected chi connectivity index (χ4v) is 3.99. The van der Waals surface area contributed by atoms with E-state index in [2.05, 4.69) is 4.99 Å². The monoisotopic (exact) mass is 383 g/mol. The van der Waals surface area contributed by atoms with Crippen molar-refractivity contribution in [3.05, 3.63) is 58.4 Å². The average Bonchev–Trinajstić information content (AvgIpc) is 2.99. The van der Waals surface area contributed by atoms with Crippen molar-refractivity contribution in [3.63, 3.8) is 0 Å². The summed E-state index contributed by atoms with van der Waals surface area (Å²) in [6.45, 7) is 3.85. The summed E-state index contributed by atoms with van der Waals surface area (Å²) in [4.78, 5) is 29.7. The second kappa shape index (κ2) is 7.75. The van der Waals surface area contributed by atoms with Crippen molar-refractivity contribution in [2.45, 2.75) is 26.3 Å². The summed E-state index contributed by atoms with van der Waals surface area (Å²) < 4.78 is 7.57. The van der Waals surface area contributed by atoms with Crippen LogP contribution in [-0.2, 0) is 9.53 Å². The van der Waals surface area contributed by atoms with Crippen LogP contribution in [0.25, 0.3) is 10.2 Å². The van der Waals surface area contributed by atoms with Gasteiger partial charge >= 0.3 is 5.97 Å². The number of hydrogen-bond donors (Lipinski definition) is 1. The molecule has 7 heteroatoms. The number of anilines is 1. The van der Waals surface area contributed by atoms with E-state index in [1.807, 2.05) is 38.1 Å². The highest BCUT2D eigenvalue weighted by Gasteiger charge is 2.23. The van der Waals surface area contributed by atoms with E-state index in [4.69, 9.17) is 10.5 Å². The van der Waals surface area contributed by atoms with E-state index in [0.717, 1.165) is 15.8 Å². The minimum atomic E-state index is -0.572. The Labute approximate surface area is 160 Å². The molecule has 0 fully saturated rings. The lowest BCUT2D eigenvalue weighted by molar-refractivity contribution is -0.144. The number of esters is 1. The van der Waals surface area contributed by atoms with Gasteiger partial charge in [-0.1, -0.05) is 36.0 Å². The molecule has 6 nitrogen and oxygen atoms in total. The summed E-state index contributed by atoms with van der Waals surface area (Å²) in [7, 11) is 1.35. The van der Waals surface area contributed by atoms with Crippen LogP contribution in [0.2, 0.25) is 0 Å². The molecule has 1 atom stereocenters. The molecule has 2 aromatic carbocycles. The molecular weight excluding hydrogens is 362 g/mol. The fraction of sp³-hybridized carbons (Fsp3) is 0.250. The molecule has 27 heavy (non-hydrogen) atoms. The highest BCUT2D eigenvalue weighted by atomic mass is 32.1. The van der Waals surface area contributed by atoms with Gasteiger partial charge in [0.2, 0.25) is 0 Å². The van der Waals surface area contributed by atoms with Crippen LogP contribution in [0.15, 0.2) is 47.5 Å². The molecule has 0 spiro atoms. The van der Waals surface area contributed by atoms with Crippen molar-refractivity contribution in [1.29, 1.82) is 0 Å². The predicted molar refractivity (Wildman–Crippen MR) is 107 cm³/mol. The van der Waals surface area contributed by atoms with Gasteiger partial charge in [-0.25, -0.2) is 4.79 Å². The number of amides is 1. The van der Waals surface area contributed by atoms with E-state index in [1.165, 1.54) is 18.4 Å². The molecule has 2 N–H and O–H groups in total. The van der Waals surface area contributed by atoms with E-state index in [9.17, 15) is 9.59 Å². The largest absolute Gasteiger partial charge is 0.467 e. The van der Waals surface area contributed by atoms with E-state index >= 15 is 0 Å². The summed E-state index contributed by atoms with van der Waals surface area (Å²) >= 11 is 1.32. The summed E-state index contributed by atoms with van der Waals surface area (Å²) in [5, 5.41) is 0. The van der Waals surface area contributed by atoms with Gasteiger partial charge < -0.3 is 15.0 Å². The number of ether oxygens (including phenoxy) is 1. The van der Waals surface area contributed by atoms with Gasteiger partial charge in [-0.05, 0) is 43.7 Å². The normalized spacial score (nSPS) is 12.9. The number of thiazole rings is 1. The zero-order valence-electron chi connectivity index (χ0n) is 15.4. The minimum Gasteiger partial charge on any atom is -0.467 e. The summed E-state index contributed by atoms with van der Waals surface area (Å²) in [5.41, 5.74) is 8.86. The number of methoxy groups -OCH3 is 1. The molecule has 1 aromatic heterocycles. The SMILES string of the molecule is CCC(C(=O)OC)n1c(=NC(=O)c2ccc(C)cc2)sc2cc(N)ccc21. The molecule has 0 aliphatic rings. The molecule has 0 aliphatic heterocycles. The number of nitrogens with two attached hydrogens (primary N) is 1. The number of benzene rings is 2. The highest BCUT2D eigenvalue weighted by molar-refractivity contribution is 7.16. The molecule has 3 rings (SSSR count). The minimum absolute atomic E-state index is 0.358. The first-order valence-electron chi connectivity index (χ1n) is 8.58. The third kappa shape index (κ3) is 3.78. The van der Waals surface area contributed by atoms with Crippen LogP contribution < -0.4 is 10.5 Å². The van der Waals surface area contributed by atoms with Gasteiger partial charge in [-0.2, -0.15) is 4.99 Å². The van der Waals surface area contributed by atoms with Crippen molar-refractivity contribution >= 4 is 39.1 Å². The maximum atomic E-state index is 12.7. The second-order valence-electron chi connectivity index (χ2n) is 6.21. The number of rotatable bonds is 4. The van der Waals surface area contributed by atoms with Gasteiger partial charge in [0.25, 0.3) is 5.91 Å². The molecule has 0 saturated heterocycles. The van der Waals surface area contributed by atoms with Crippen molar-refractivity contribution in [2.75, 3.05) is 12.8 Å². The van der Waals surface area contributed by atoms with E-state index in [0.29, 0.717) is 22.5 Å². The van der Waals surface area contributed by atoms with Gasteiger partial charge in [-0.15, -0.1) is 0 Å². The van der Waals surface area contributed by atoms with Gasteiger partial charge in [0.1, 0.15) is 6.04 Å². The molecule has 0 radical (unpaired) electrons. The van der Waals surface area contributed by atoms with Crippen LogP contribution in [0, 0.1) is 6.92 Å². The van der Waals surface area contributed by atoms with Crippen LogP contribution in [0.5, 0.6) is 0 Å². The Bertz CT molecular complexity index is 1060. The number of nitrogens with zero attached hydrogens (tertiary/aromatic N) is 2. The Morgan fingerprint density at radius 3 is 2.56 bits per heavy atom.